The lowest BCUT2D eigenvalue weighted by Gasteiger charge is -2.11. The standard InChI is InChI=1S/C13H20FN3O.HI/c1-15-13(16-7-4-8-18-2)17-10-11-5-3-6-12(14)9-11;/h3,5-6,9H,4,7-8,10H2,1-2H3,(H2,15,16,17);1H. The second-order valence-electron chi connectivity index (χ2n) is 3.83. The number of rotatable bonds is 6. The van der Waals surface area contributed by atoms with Crippen LogP contribution in [0.3, 0.4) is 0 Å². The summed E-state index contributed by atoms with van der Waals surface area (Å²) in [6.07, 6.45) is 0.914. The van der Waals surface area contributed by atoms with Crippen LogP contribution < -0.4 is 10.6 Å². The highest BCUT2D eigenvalue weighted by molar-refractivity contribution is 14.0. The molecule has 0 amide bonds. The van der Waals surface area contributed by atoms with E-state index < -0.39 is 0 Å². The van der Waals surface area contributed by atoms with Gasteiger partial charge in [0.1, 0.15) is 5.82 Å². The Hall–Kier alpha value is -0.890. The van der Waals surface area contributed by atoms with Crippen molar-refractivity contribution in [1.82, 2.24) is 10.6 Å². The lowest BCUT2D eigenvalue weighted by Crippen LogP contribution is -2.37. The van der Waals surface area contributed by atoms with Gasteiger partial charge in [-0.1, -0.05) is 12.1 Å². The molecule has 0 saturated heterocycles. The molecule has 0 aromatic heterocycles. The van der Waals surface area contributed by atoms with E-state index in [-0.39, 0.29) is 29.8 Å². The number of hydrogen-bond donors (Lipinski definition) is 2. The fraction of sp³-hybridized carbons (Fsp3) is 0.462. The Labute approximate surface area is 130 Å². The summed E-state index contributed by atoms with van der Waals surface area (Å²) in [4.78, 5) is 4.08. The number of guanidine groups is 1. The molecule has 1 rings (SSSR count). The number of methoxy groups -OCH3 is 1. The molecule has 0 aliphatic rings. The SMILES string of the molecule is CN=C(NCCCOC)NCc1cccc(F)c1.I. The zero-order valence-corrected chi connectivity index (χ0v) is 13.6. The smallest absolute Gasteiger partial charge is 0.191 e. The average Bonchev–Trinajstić information content (AvgIpc) is 2.38. The van der Waals surface area contributed by atoms with Crippen LogP contribution in [0.25, 0.3) is 0 Å². The van der Waals surface area contributed by atoms with Crippen molar-refractivity contribution in [2.45, 2.75) is 13.0 Å². The Morgan fingerprint density at radius 1 is 1.37 bits per heavy atom. The molecular formula is C13H21FIN3O. The van der Waals surface area contributed by atoms with Crippen molar-refractivity contribution in [3.05, 3.63) is 35.6 Å². The average molecular weight is 381 g/mol. The largest absolute Gasteiger partial charge is 0.385 e. The van der Waals surface area contributed by atoms with Gasteiger partial charge >= 0.3 is 0 Å². The Bertz CT molecular complexity index is 388. The lowest BCUT2D eigenvalue weighted by molar-refractivity contribution is 0.195. The van der Waals surface area contributed by atoms with E-state index in [9.17, 15) is 4.39 Å². The molecule has 19 heavy (non-hydrogen) atoms. The molecule has 1 aromatic carbocycles. The van der Waals surface area contributed by atoms with E-state index >= 15 is 0 Å². The van der Waals surface area contributed by atoms with Gasteiger partial charge in [0.25, 0.3) is 0 Å². The maximum Gasteiger partial charge on any atom is 0.191 e. The maximum absolute atomic E-state index is 13.0. The number of benzene rings is 1. The third-order valence-electron chi connectivity index (χ3n) is 2.39. The predicted molar refractivity (Wildman–Crippen MR) is 86.5 cm³/mol. The van der Waals surface area contributed by atoms with E-state index in [0.29, 0.717) is 19.1 Å². The summed E-state index contributed by atoms with van der Waals surface area (Å²) in [7, 11) is 3.38. The highest BCUT2D eigenvalue weighted by Crippen LogP contribution is 2.02. The molecule has 0 heterocycles. The predicted octanol–water partition coefficient (Wildman–Crippen LogP) is 2.15. The van der Waals surface area contributed by atoms with Crippen molar-refractivity contribution in [3.63, 3.8) is 0 Å². The van der Waals surface area contributed by atoms with Gasteiger partial charge in [-0.05, 0) is 24.1 Å². The van der Waals surface area contributed by atoms with Crippen molar-refractivity contribution in [3.8, 4) is 0 Å². The summed E-state index contributed by atoms with van der Waals surface area (Å²) in [5.41, 5.74) is 0.884. The molecule has 6 heteroatoms. The third-order valence-corrected chi connectivity index (χ3v) is 2.39. The minimum atomic E-state index is -0.225. The van der Waals surface area contributed by atoms with Crippen LogP contribution >= 0.6 is 24.0 Å². The monoisotopic (exact) mass is 381 g/mol. The van der Waals surface area contributed by atoms with Crippen molar-refractivity contribution in [2.75, 3.05) is 27.3 Å². The number of ether oxygens (including phenoxy) is 1. The van der Waals surface area contributed by atoms with Crippen LogP contribution in [0.2, 0.25) is 0 Å². The Morgan fingerprint density at radius 2 is 2.16 bits per heavy atom. The Kier molecular flexibility index (Phi) is 10.5. The first-order valence-electron chi connectivity index (χ1n) is 5.94. The molecule has 108 valence electrons. The van der Waals surface area contributed by atoms with Crippen molar-refractivity contribution in [2.24, 2.45) is 4.99 Å². The van der Waals surface area contributed by atoms with Crippen LogP contribution in [0.1, 0.15) is 12.0 Å². The van der Waals surface area contributed by atoms with Crippen LogP contribution in [-0.2, 0) is 11.3 Å². The van der Waals surface area contributed by atoms with E-state index in [2.05, 4.69) is 15.6 Å². The Morgan fingerprint density at radius 3 is 2.79 bits per heavy atom. The molecular weight excluding hydrogens is 360 g/mol. The summed E-state index contributed by atoms with van der Waals surface area (Å²) >= 11 is 0. The number of aliphatic imine (C=N–C) groups is 1. The molecule has 0 spiro atoms. The summed E-state index contributed by atoms with van der Waals surface area (Å²) in [6, 6.07) is 6.50. The van der Waals surface area contributed by atoms with Crippen molar-refractivity contribution < 1.29 is 9.13 Å². The topological polar surface area (TPSA) is 45.7 Å². The third kappa shape index (κ3) is 7.99. The number of nitrogens with one attached hydrogen (secondary N) is 2. The second-order valence-corrected chi connectivity index (χ2v) is 3.83. The summed E-state index contributed by atoms with van der Waals surface area (Å²) in [5, 5.41) is 6.28. The van der Waals surface area contributed by atoms with Crippen LogP contribution in [0, 0.1) is 5.82 Å². The first-order valence-corrected chi connectivity index (χ1v) is 5.94. The number of nitrogens with zero attached hydrogens (tertiary/aromatic N) is 1. The minimum Gasteiger partial charge on any atom is -0.385 e. The van der Waals surface area contributed by atoms with Gasteiger partial charge in [0, 0.05) is 33.9 Å². The lowest BCUT2D eigenvalue weighted by atomic mass is 10.2. The van der Waals surface area contributed by atoms with Gasteiger partial charge in [0.05, 0.1) is 0 Å². The van der Waals surface area contributed by atoms with Crippen molar-refractivity contribution in [1.29, 1.82) is 0 Å². The minimum absolute atomic E-state index is 0. The molecule has 0 bridgehead atoms. The van der Waals surface area contributed by atoms with E-state index in [0.717, 1.165) is 18.5 Å². The summed E-state index contributed by atoms with van der Waals surface area (Å²) in [5.74, 6) is 0.479. The molecule has 0 radical (unpaired) electrons. The maximum atomic E-state index is 13.0. The van der Waals surface area contributed by atoms with Crippen LogP contribution in [0.5, 0.6) is 0 Å². The number of hydrogen-bond acceptors (Lipinski definition) is 2. The van der Waals surface area contributed by atoms with E-state index in [1.165, 1.54) is 12.1 Å². The highest BCUT2D eigenvalue weighted by atomic mass is 127. The van der Waals surface area contributed by atoms with Crippen molar-refractivity contribution >= 4 is 29.9 Å². The van der Waals surface area contributed by atoms with Crippen LogP contribution in [-0.4, -0.2) is 33.3 Å². The molecule has 2 N–H and O–H groups in total. The molecule has 0 aliphatic heterocycles. The van der Waals surface area contributed by atoms with Gasteiger partial charge in [0.2, 0.25) is 0 Å². The Balaban J connectivity index is 0.00000324. The second kappa shape index (κ2) is 11.0. The zero-order valence-electron chi connectivity index (χ0n) is 11.3. The fourth-order valence-corrected chi connectivity index (χ4v) is 1.48. The quantitative estimate of drug-likeness (QED) is 0.344. The summed E-state index contributed by atoms with van der Waals surface area (Å²) < 4.78 is 17.9. The molecule has 1 aromatic rings. The van der Waals surface area contributed by atoms with E-state index in [1.54, 1.807) is 20.2 Å². The highest BCUT2D eigenvalue weighted by Gasteiger charge is 1.98. The first kappa shape index (κ1) is 18.1. The fourth-order valence-electron chi connectivity index (χ4n) is 1.48. The van der Waals surface area contributed by atoms with E-state index in [4.69, 9.17) is 4.74 Å². The molecule has 0 saturated carbocycles. The molecule has 0 unspecified atom stereocenters. The van der Waals surface area contributed by atoms with Gasteiger partial charge in [-0.2, -0.15) is 0 Å². The van der Waals surface area contributed by atoms with Gasteiger partial charge in [0.15, 0.2) is 5.96 Å². The van der Waals surface area contributed by atoms with Gasteiger partial charge < -0.3 is 15.4 Å². The van der Waals surface area contributed by atoms with Gasteiger partial charge in [-0.25, -0.2) is 4.39 Å². The molecule has 4 nitrogen and oxygen atoms in total. The van der Waals surface area contributed by atoms with Crippen LogP contribution in [0.15, 0.2) is 29.3 Å². The first-order chi connectivity index (χ1) is 8.76. The zero-order chi connectivity index (χ0) is 13.2. The molecule has 0 fully saturated rings. The molecule has 0 atom stereocenters. The van der Waals surface area contributed by atoms with Crippen LogP contribution in [0.4, 0.5) is 4.39 Å². The van der Waals surface area contributed by atoms with Gasteiger partial charge in [-0.3, -0.25) is 4.99 Å². The molecule has 0 aliphatic carbocycles. The normalized spacial score (nSPS) is 10.8. The van der Waals surface area contributed by atoms with E-state index in [1.807, 2.05) is 6.07 Å². The van der Waals surface area contributed by atoms with Gasteiger partial charge in [-0.15, -0.1) is 24.0 Å². The number of halogens is 2. The summed E-state index contributed by atoms with van der Waals surface area (Å²) in [6.45, 7) is 2.05.